The predicted octanol–water partition coefficient (Wildman–Crippen LogP) is 5.67. The van der Waals surface area contributed by atoms with Gasteiger partial charge in [-0.25, -0.2) is 5.43 Å². The summed E-state index contributed by atoms with van der Waals surface area (Å²) in [6.07, 6.45) is 1.17. The van der Waals surface area contributed by atoms with Crippen molar-refractivity contribution < 1.29 is 50.2 Å². The Labute approximate surface area is 293 Å². The minimum absolute atomic E-state index is 0.00266. The summed E-state index contributed by atoms with van der Waals surface area (Å²) in [4.78, 5) is 14.0. The first kappa shape index (κ1) is 36.5. The maximum Gasteiger partial charge on any atom is 0.321 e. The standard InChI is InChI=1S/C34H38N2O12S2/c1-20-10-12-23(13-11-20)50(38,39)48-34(2)36-35-33(47-34)49-15-9-8-14-45-32-29(37)28-24(41-4)18-22(40-3)19-25(28)46-30(32)21-16-26(42-5)31(44-7)27(17-21)43-6/h10-13,16-19,36H,8-9,14-15H2,1-7H3. The molecule has 0 fully saturated rings. The number of rotatable bonds is 15. The summed E-state index contributed by atoms with van der Waals surface area (Å²) in [6.45, 7) is 3.44. The predicted molar refractivity (Wildman–Crippen MR) is 187 cm³/mol. The molecule has 1 aromatic heterocycles. The van der Waals surface area contributed by atoms with E-state index in [1.165, 1.54) is 66.4 Å². The third kappa shape index (κ3) is 7.82. The normalized spacial score (nSPS) is 15.5. The van der Waals surface area contributed by atoms with Gasteiger partial charge in [0, 0.05) is 30.4 Å². The highest BCUT2D eigenvalue weighted by Crippen LogP contribution is 2.44. The molecule has 0 saturated heterocycles. The van der Waals surface area contributed by atoms with E-state index in [2.05, 4.69) is 10.5 Å². The minimum atomic E-state index is -4.12. The van der Waals surface area contributed by atoms with E-state index >= 15 is 0 Å². The molecule has 4 aromatic rings. The molecule has 1 aliphatic heterocycles. The number of hydrazone groups is 1. The van der Waals surface area contributed by atoms with Crippen LogP contribution in [0.2, 0.25) is 0 Å². The lowest BCUT2D eigenvalue weighted by atomic mass is 10.1. The van der Waals surface area contributed by atoms with E-state index in [-0.39, 0.29) is 45.0 Å². The summed E-state index contributed by atoms with van der Waals surface area (Å²) in [5, 5.41) is 4.49. The largest absolute Gasteiger partial charge is 0.496 e. The number of hydrogen-bond acceptors (Lipinski definition) is 15. The van der Waals surface area contributed by atoms with E-state index in [0.717, 1.165) is 5.56 Å². The molecule has 1 unspecified atom stereocenters. The van der Waals surface area contributed by atoms with E-state index in [1.807, 2.05) is 6.92 Å². The van der Waals surface area contributed by atoms with Crippen molar-refractivity contribution in [1.82, 2.24) is 5.43 Å². The summed E-state index contributed by atoms with van der Waals surface area (Å²) >= 11 is 1.27. The molecular formula is C34H38N2O12S2. The van der Waals surface area contributed by atoms with Crippen LogP contribution in [0.3, 0.4) is 0 Å². The molecule has 268 valence electrons. The van der Waals surface area contributed by atoms with Crippen molar-refractivity contribution in [2.45, 2.75) is 37.5 Å². The van der Waals surface area contributed by atoms with E-state index in [4.69, 9.17) is 41.8 Å². The van der Waals surface area contributed by atoms with Crippen molar-refractivity contribution in [3.8, 4) is 45.8 Å². The number of ether oxygens (including phenoxy) is 7. The molecule has 0 bridgehead atoms. The fourth-order valence-corrected chi connectivity index (χ4v) is 6.92. The summed E-state index contributed by atoms with van der Waals surface area (Å²) in [5.74, 6) is 0.746. The van der Waals surface area contributed by atoms with Crippen molar-refractivity contribution in [3.63, 3.8) is 0 Å². The summed E-state index contributed by atoms with van der Waals surface area (Å²) in [5.41, 5.74) is 3.76. The Morgan fingerprint density at radius 1 is 0.860 bits per heavy atom. The van der Waals surface area contributed by atoms with Crippen LogP contribution in [-0.4, -0.2) is 67.5 Å². The first-order chi connectivity index (χ1) is 23.9. The molecule has 1 atom stereocenters. The zero-order chi connectivity index (χ0) is 36.1. The quantitative estimate of drug-likeness (QED) is 0.118. The molecule has 1 aliphatic rings. The van der Waals surface area contributed by atoms with Crippen molar-refractivity contribution in [2.24, 2.45) is 5.10 Å². The number of nitrogens with one attached hydrogen (secondary N) is 1. The third-order valence-electron chi connectivity index (χ3n) is 7.49. The van der Waals surface area contributed by atoms with Crippen molar-refractivity contribution in [2.75, 3.05) is 47.9 Å². The number of unbranched alkanes of at least 4 members (excludes halogenated alkanes) is 1. The topological polar surface area (TPSA) is 163 Å². The van der Waals surface area contributed by atoms with Gasteiger partial charge in [-0.2, -0.15) is 12.6 Å². The molecule has 16 heteroatoms. The second-order valence-electron chi connectivity index (χ2n) is 11.0. The van der Waals surface area contributed by atoms with E-state index in [9.17, 15) is 13.2 Å². The number of thioether (sulfide) groups is 1. The van der Waals surface area contributed by atoms with Crippen molar-refractivity contribution in [3.05, 3.63) is 64.3 Å². The van der Waals surface area contributed by atoms with Crippen LogP contribution < -0.4 is 39.3 Å². The Morgan fingerprint density at radius 3 is 2.16 bits per heavy atom. The summed E-state index contributed by atoms with van der Waals surface area (Å²) in [7, 11) is 3.30. The zero-order valence-corrected chi connectivity index (χ0v) is 30.2. The van der Waals surface area contributed by atoms with Crippen LogP contribution in [0.4, 0.5) is 0 Å². The second kappa shape index (κ2) is 15.4. The van der Waals surface area contributed by atoms with Gasteiger partial charge >= 0.3 is 16.0 Å². The second-order valence-corrected chi connectivity index (χ2v) is 13.6. The number of methoxy groups -OCH3 is 5. The molecule has 14 nitrogen and oxygen atoms in total. The van der Waals surface area contributed by atoms with Gasteiger partial charge in [-0.15, -0.1) is 5.10 Å². The van der Waals surface area contributed by atoms with E-state index in [1.54, 1.807) is 36.4 Å². The zero-order valence-electron chi connectivity index (χ0n) is 28.6. The Balaban J connectivity index is 1.29. The summed E-state index contributed by atoms with van der Waals surface area (Å²) in [6, 6.07) is 12.8. The average molecular weight is 731 g/mol. The lowest BCUT2D eigenvalue weighted by Gasteiger charge is -2.22. The minimum Gasteiger partial charge on any atom is -0.496 e. The van der Waals surface area contributed by atoms with Gasteiger partial charge in [0.25, 0.3) is 5.23 Å². The SMILES string of the molecule is COc1cc(OC)c2c(=O)c(OCCCCSC3=NNC(C)(OS(=O)(=O)c4ccc(C)cc4)O3)c(-c3cc(OC)c(OC)c(OC)c3)oc2c1. The first-order valence-electron chi connectivity index (χ1n) is 15.3. The molecule has 50 heavy (non-hydrogen) atoms. The molecular weight excluding hydrogens is 693 g/mol. The van der Waals surface area contributed by atoms with Gasteiger partial charge in [-0.1, -0.05) is 29.5 Å². The van der Waals surface area contributed by atoms with Crippen LogP contribution in [0, 0.1) is 6.92 Å². The van der Waals surface area contributed by atoms with Gasteiger partial charge in [-0.3, -0.25) is 4.79 Å². The number of hydrogen-bond donors (Lipinski definition) is 1. The molecule has 1 N–H and O–H groups in total. The number of aryl methyl sites for hydroxylation is 1. The van der Waals surface area contributed by atoms with E-state index < -0.39 is 21.5 Å². The van der Waals surface area contributed by atoms with Crippen LogP contribution >= 0.6 is 11.8 Å². The number of fused-ring (bicyclic) bond motifs is 1. The van der Waals surface area contributed by atoms with Crippen LogP contribution in [0.25, 0.3) is 22.3 Å². The highest BCUT2D eigenvalue weighted by atomic mass is 32.2. The highest BCUT2D eigenvalue weighted by molar-refractivity contribution is 8.13. The fraction of sp³-hybridized carbons (Fsp3) is 0.353. The van der Waals surface area contributed by atoms with Gasteiger partial charge in [0.1, 0.15) is 22.5 Å². The van der Waals surface area contributed by atoms with Crippen LogP contribution in [0.15, 0.2) is 67.7 Å². The molecule has 3 aromatic carbocycles. The van der Waals surface area contributed by atoms with Crippen LogP contribution in [-0.2, 0) is 19.0 Å². The van der Waals surface area contributed by atoms with E-state index in [0.29, 0.717) is 47.2 Å². The number of benzene rings is 3. The van der Waals surface area contributed by atoms with Gasteiger partial charge in [-0.05, 0) is 44.0 Å². The molecule has 0 spiro atoms. The smallest absolute Gasteiger partial charge is 0.321 e. The van der Waals surface area contributed by atoms with Crippen molar-refractivity contribution >= 4 is 38.1 Å². The summed E-state index contributed by atoms with van der Waals surface area (Å²) < 4.78 is 76.4. The Morgan fingerprint density at radius 2 is 1.54 bits per heavy atom. The van der Waals surface area contributed by atoms with Gasteiger partial charge in [0.15, 0.2) is 17.3 Å². The maximum absolute atomic E-state index is 14.0. The van der Waals surface area contributed by atoms with Gasteiger partial charge in [0.05, 0.1) is 47.1 Å². The Kier molecular flexibility index (Phi) is 11.2. The monoisotopic (exact) mass is 730 g/mol. The van der Waals surface area contributed by atoms with Gasteiger partial charge in [0.2, 0.25) is 16.9 Å². The Hall–Kier alpha value is -4.80. The molecule has 0 saturated carbocycles. The van der Waals surface area contributed by atoms with Crippen LogP contribution in [0.5, 0.6) is 34.5 Å². The van der Waals surface area contributed by atoms with Crippen LogP contribution in [0.1, 0.15) is 25.3 Å². The molecule has 5 rings (SSSR count). The molecule has 0 radical (unpaired) electrons. The molecule has 0 aliphatic carbocycles. The highest BCUT2D eigenvalue weighted by Gasteiger charge is 2.40. The first-order valence-corrected chi connectivity index (χ1v) is 17.7. The maximum atomic E-state index is 14.0. The van der Waals surface area contributed by atoms with Gasteiger partial charge < -0.3 is 37.6 Å². The molecule has 2 heterocycles. The lowest BCUT2D eigenvalue weighted by molar-refractivity contribution is -0.109. The average Bonchev–Trinajstić information content (AvgIpc) is 3.48. The lowest BCUT2D eigenvalue weighted by Crippen LogP contribution is -2.42. The van der Waals surface area contributed by atoms with Crippen molar-refractivity contribution in [1.29, 1.82) is 0 Å². The fourth-order valence-electron chi connectivity index (χ4n) is 5.01. The third-order valence-corrected chi connectivity index (χ3v) is 9.80. The Bertz CT molecular complexity index is 2020. The number of nitrogens with zero attached hydrogens (tertiary/aromatic N) is 1. The molecule has 0 amide bonds.